The van der Waals surface area contributed by atoms with Crippen molar-refractivity contribution in [1.29, 1.82) is 5.41 Å². The molecule has 38 heavy (non-hydrogen) atoms. The lowest BCUT2D eigenvalue weighted by Crippen LogP contribution is -2.31. The number of benzene rings is 3. The lowest BCUT2D eigenvalue weighted by molar-refractivity contribution is -0.129. The van der Waals surface area contributed by atoms with Gasteiger partial charge in [-0.25, -0.2) is 0 Å². The first-order valence-corrected chi connectivity index (χ1v) is 12.6. The molecule has 4 rings (SSSR count). The van der Waals surface area contributed by atoms with Gasteiger partial charge in [-0.15, -0.1) is 34.0 Å². The van der Waals surface area contributed by atoms with Gasteiger partial charge in [-0.2, -0.15) is 0 Å². The third-order valence-corrected chi connectivity index (χ3v) is 6.77. The summed E-state index contributed by atoms with van der Waals surface area (Å²) >= 11 is 5.97. The number of carbonyl (C=O) groups is 2. The molecule has 1 N–H and O–H groups in total. The van der Waals surface area contributed by atoms with Crippen LogP contribution in [-0.4, -0.2) is 39.3 Å². The maximum Gasteiger partial charge on any atom is 0.226 e. The number of amides is 1. The first kappa shape index (κ1) is 31.5. The Balaban J connectivity index is 0.00000253. The molecule has 6 nitrogen and oxygen atoms in total. The Morgan fingerprint density at radius 3 is 2.26 bits per heavy atom. The van der Waals surface area contributed by atoms with Gasteiger partial charge in [0.05, 0.1) is 24.0 Å². The summed E-state index contributed by atoms with van der Waals surface area (Å²) in [5.41, 5.74) is 4.83. The molecule has 0 saturated carbocycles. The first-order chi connectivity index (χ1) is 17.4. The number of hydrogen-bond donors (Lipinski definition) is 1. The van der Waals surface area contributed by atoms with Crippen LogP contribution in [0.2, 0.25) is 5.02 Å². The van der Waals surface area contributed by atoms with Gasteiger partial charge in [0.15, 0.2) is 5.78 Å². The number of rotatable bonds is 10. The van der Waals surface area contributed by atoms with Crippen molar-refractivity contribution in [3.8, 4) is 0 Å². The van der Waals surface area contributed by atoms with Crippen LogP contribution in [0.4, 0.5) is 0 Å². The Bertz CT molecular complexity index is 1430. The van der Waals surface area contributed by atoms with Gasteiger partial charge in [-0.3, -0.25) is 15.0 Å². The number of hydrogen-bond acceptors (Lipinski definition) is 3. The average Bonchev–Trinajstić information content (AvgIpc) is 3.15. The molecular formula is C29H33Br2ClN4O2. The normalized spacial score (nSPS) is 10.5. The smallest absolute Gasteiger partial charge is 0.226 e. The van der Waals surface area contributed by atoms with Gasteiger partial charge in [0.2, 0.25) is 11.5 Å². The van der Waals surface area contributed by atoms with Crippen LogP contribution in [0.15, 0.2) is 72.8 Å². The van der Waals surface area contributed by atoms with E-state index in [4.69, 9.17) is 17.0 Å². The highest BCUT2D eigenvalue weighted by molar-refractivity contribution is 8.93. The summed E-state index contributed by atoms with van der Waals surface area (Å²) in [6.45, 7) is 3.34. The molecule has 1 amide bonds. The molecule has 0 aliphatic rings. The van der Waals surface area contributed by atoms with Gasteiger partial charge in [-0.05, 0) is 54.3 Å². The molecule has 0 saturated heterocycles. The molecule has 4 aromatic rings. The Labute approximate surface area is 249 Å². The van der Waals surface area contributed by atoms with Crippen molar-refractivity contribution >= 4 is 68.3 Å². The number of imidazole rings is 1. The van der Waals surface area contributed by atoms with Crippen molar-refractivity contribution < 1.29 is 9.59 Å². The molecule has 0 atom stereocenters. The summed E-state index contributed by atoms with van der Waals surface area (Å²) in [6, 6.07) is 22.6. The van der Waals surface area contributed by atoms with E-state index in [0.717, 1.165) is 28.6 Å². The summed E-state index contributed by atoms with van der Waals surface area (Å²) in [5.74, 6) is -0.0000984. The Kier molecular flexibility index (Phi) is 12.0. The maximum atomic E-state index is 13.0. The number of para-hydroxylation sites is 1. The Morgan fingerprint density at radius 2 is 1.61 bits per heavy atom. The molecule has 0 spiro atoms. The summed E-state index contributed by atoms with van der Waals surface area (Å²) in [7, 11) is 1.82. The number of nitrogens with one attached hydrogen (secondary N) is 1. The fraction of sp³-hybridized carbons (Fsp3) is 0.276. The van der Waals surface area contributed by atoms with Crippen molar-refractivity contribution in [3.63, 3.8) is 0 Å². The Morgan fingerprint density at radius 1 is 0.921 bits per heavy atom. The topological polar surface area (TPSA) is 71.1 Å². The second-order valence-corrected chi connectivity index (χ2v) is 9.40. The average molecular weight is 665 g/mol. The number of likely N-dealkylation sites (N-methyl/N-ethyl adjacent to an activating group) is 1. The minimum atomic E-state index is -0.0719. The van der Waals surface area contributed by atoms with E-state index in [9.17, 15) is 9.59 Å². The summed E-state index contributed by atoms with van der Waals surface area (Å²) in [5, 5.41) is 9.51. The minimum absolute atomic E-state index is 0. The summed E-state index contributed by atoms with van der Waals surface area (Å²) < 4.78 is 3.74. The number of fused-ring (bicyclic) bond motifs is 1. The van der Waals surface area contributed by atoms with Crippen molar-refractivity contribution in [2.75, 3.05) is 13.6 Å². The van der Waals surface area contributed by atoms with E-state index in [1.165, 1.54) is 0 Å². The SMILES string of the molecule is Br.Br.CCc1cccc2c1n(CCCN(C)C(=O)Cc1ccccc1)c(=N)n2CC(=O)c1ccc(Cl)cc1. The molecule has 0 bridgehead atoms. The number of aryl methyl sites for hydroxylation is 2. The van der Waals surface area contributed by atoms with E-state index in [0.29, 0.717) is 36.5 Å². The van der Waals surface area contributed by atoms with Gasteiger partial charge in [0.1, 0.15) is 0 Å². The van der Waals surface area contributed by atoms with E-state index in [1.807, 2.05) is 54.1 Å². The van der Waals surface area contributed by atoms with E-state index in [2.05, 4.69) is 13.0 Å². The molecular weight excluding hydrogens is 632 g/mol. The molecule has 202 valence electrons. The lowest BCUT2D eigenvalue weighted by atomic mass is 10.1. The fourth-order valence-corrected chi connectivity index (χ4v) is 4.63. The summed E-state index contributed by atoms with van der Waals surface area (Å²) in [4.78, 5) is 27.4. The minimum Gasteiger partial charge on any atom is -0.345 e. The summed E-state index contributed by atoms with van der Waals surface area (Å²) in [6.07, 6.45) is 1.90. The van der Waals surface area contributed by atoms with Gasteiger partial charge in [0, 0.05) is 30.7 Å². The number of halogens is 3. The van der Waals surface area contributed by atoms with Crippen LogP contribution >= 0.6 is 45.6 Å². The van der Waals surface area contributed by atoms with Gasteiger partial charge >= 0.3 is 0 Å². The fourth-order valence-electron chi connectivity index (χ4n) is 4.50. The van der Waals surface area contributed by atoms with Crippen LogP contribution in [0, 0.1) is 5.41 Å². The van der Waals surface area contributed by atoms with E-state index < -0.39 is 0 Å². The maximum absolute atomic E-state index is 13.0. The standard InChI is InChI=1S/C29H31ClN4O2.2BrH/c1-3-22-11-7-12-25-28(22)33(18-8-17-32(2)27(36)19-21-9-5-4-6-10-21)29(31)34(25)20-26(35)23-13-15-24(30)16-14-23;;/h4-7,9-16,31H,3,8,17-20H2,1-2H3;2*1H. The molecule has 3 aromatic carbocycles. The van der Waals surface area contributed by atoms with Crippen LogP contribution in [-0.2, 0) is 30.7 Å². The number of aromatic nitrogens is 2. The predicted octanol–water partition coefficient (Wildman–Crippen LogP) is 6.27. The zero-order chi connectivity index (χ0) is 25.7. The zero-order valence-electron chi connectivity index (χ0n) is 21.5. The molecule has 0 fully saturated rings. The van der Waals surface area contributed by atoms with Crippen molar-refractivity contribution in [1.82, 2.24) is 14.0 Å². The zero-order valence-corrected chi connectivity index (χ0v) is 25.7. The van der Waals surface area contributed by atoms with Crippen LogP contribution < -0.4 is 5.62 Å². The van der Waals surface area contributed by atoms with Gasteiger partial charge in [-0.1, -0.05) is 61.0 Å². The highest BCUT2D eigenvalue weighted by atomic mass is 79.9. The molecule has 0 aliphatic heterocycles. The molecule has 0 aliphatic carbocycles. The number of carbonyl (C=O) groups excluding carboxylic acids is 2. The van der Waals surface area contributed by atoms with E-state index in [-0.39, 0.29) is 57.8 Å². The third-order valence-electron chi connectivity index (χ3n) is 6.52. The first-order valence-electron chi connectivity index (χ1n) is 12.2. The van der Waals surface area contributed by atoms with E-state index in [1.54, 1.807) is 33.7 Å². The predicted molar refractivity (Wildman–Crippen MR) is 164 cm³/mol. The quantitative estimate of drug-likeness (QED) is 0.203. The molecule has 1 heterocycles. The van der Waals surface area contributed by atoms with Gasteiger partial charge in [0.25, 0.3) is 0 Å². The van der Waals surface area contributed by atoms with Crippen molar-refractivity contribution in [2.24, 2.45) is 0 Å². The monoisotopic (exact) mass is 662 g/mol. The van der Waals surface area contributed by atoms with Gasteiger partial charge < -0.3 is 14.0 Å². The highest BCUT2D eigenvalue weighted by Gasteiger charge is 2.17. The number of nitrogens with zero attached hydrogens (tertiary/aromatic N) is 3. The van der Waals surface area contributed by atoms with Crippen molar-refractivity contribution in [3.05, 3.63) is 100 Å². The van der Waals surface area contributed by atoms with Crippen LogP contribution in [0.5, 0.6) is 0 Å². The number of Topliss-reactive ketones (excluding diaryl/α,β-unsaturated/α-hetero) is 1. The van der Waals surface area contributed by atoms with Crippen LogP contribution in [0.3, 0.4) is 0 Å². The largest absolute Gasteiger partial charge is 0.345 e. The second-order valence-electron chi connectivity index (χ2n) is 8.96. The van der Waals surface area contributed by atoms with Crippen LogP contribution in [0.1, 0.15) is 34.8 Å². The Hall–Kier alpha value is -2.68. The second kappa shape index (κ2) is 14.5. The van der Waals surface area contributed by atoms with Crippen LogP contribution in [0.25, 0.3) is 11.0 Å². The molecule has 1 aromatic heterocycles. The number of ketones is 1. The molecule has 0 unspecified atom stereocenters. The van der Waals surface area contributed by atoms with Crippen molar-refractivity contribution in [2.45, 2.75) is 39.3 Å². The molecule has 0 radical (unpaired) electrons. The third kappa shape index (κ3) is 7.24. The lowest BCUT2D eigenvalue weighted by Gasteiger charge is -2.17. The highest BCUT2D eigenvalue weighted by Crippen LogP contribution is 2.20. The van der Waals surface area contributed by atoms with E-state index >= 15 is 0 Å². The molecule has 9 heteroatoms.